The van der Waals surface area contributed by atoms with Gasteiger partial charge in [0.15, 0.2) is 0 Å². The van der Waals surface area contributed by atoms with E-state index in [1.54, 1.807) is 11.3 Å². The first kappa shape index (κ1) is 15.2. The van der Waals surface area contributed by atoms with Gasteiger partial charge in [0.25, 0.3) is 5.91 Å². The van der Waals surface area contributed by atoms with Crippen LogP contribution < -0.4 is 5.32 Å². The Morgan fingerprint density at radius 2 is 2.45 bits per heavy atom. The molecule has 0 saturated carbocycles. The van der Waals surface area contributed by atoms with Gasteiger partial charge < -0.3 is 10.2 Å². The van der Waals surface area contributed by atoms with E-state index >= 15 is 0 Å². The molecule has 6 heteroatoms. The molecule has 1 N–H and O–H groups in total. The molecule has 1 aliphatic heterocycles. The molecule has 118 valence electrons. The van der Waals surface area contributed by atoms with Crippen LogP contribution in [0.15, 0.2) is 29.8 Å². The van der Waals surface area contributed by atoms with Gasteiger partial charge in [-0.2, -0.15) is 5.10 Å². The third-order valence-corrected chi connectivity index (χ3v) is 4.93. The first-order valence-corrected chi connectivity index (χ1v) is 8.73. The van der Waals surface area contributed by atoms with Gasteiger partial charge in [0.1, 0.15) is 5.69 Å². The summed E-state index contributed by atoms with van der Waals surface area (Å²) >= 11 is 1.68. The summed E-state index contributed by atoms with van der Waals surface area (Å²) in [5.41, 5.74) is 0.545. The Balaban J connectivity index is 1.69. The largest absolute Gasteiger partial charge is 0.332 e. The number of thiophene rings is 1. The van der Waals surface area contributed by atoms with E-state index in [2.05, 4.69) is 16.5 Å². The lowest BCUT2D eigenvalue weighted by Crippen LogP contribution is -2.33. The maximum atomic E-state index is 12.6. The third kappa shape index (κ3) is 3.39. The van der Waals surface area contributed by atoms with Gasteiger partial charge in [-0.25, -0.2) is 0 Å². The average molecular weight is 318 g/mol. The predicted octanol–water partition coefficient (Wildman–Crippen LogP) is 2.53. The van der Waals surface area contributed by atoms with Crippen LogP contribution >= 0.6 is 11.3 Å². The van der Waals surface area contributed by atoms with E-state index in [0.717, 1.165) is 25.9 Å². The van der Waals surface area contributed by atoms with Gasteiger partial charge in [0, 0.05) is 24.2 Å². The van der Waals surface area contributed by atoms with Crippen LogP contribution in [0.1, 0.15) is 41.2 Å². The lowest BCUT2D eigenvalue weighted by molar-refractivity contribution is 0.0746. The first-order valence-electron chi connectivity index (χ1n) is 7.85. The number of hydrogen-bond acceptors (Lipinski definition) is 4. The van der Waals surface area contributed by atoms with Crippen LogP contribution in [0, 0.1) is 0 Å². The number of piperidine rings is 1. The van der Waals surface area contributed by atoms with Gasteiger partial charge in [-0.15, -0.1) is 11.3 Å². The Hall–Kier alpha value is -1.66. The van der Waals surface area contributed by atoms with Crippen LogP contribution in [0.3, 0.4) is 0 Å². The van der Waals surface area contributed by atoms with Gasteiger partial charge >= 0.3 is 0 Å². The van der Waals surface area contributed by atoms with Crippen LogP contribution in [-0.4, -0.2) is 40.2 Å². The summed E-state index contributed by atoms with van der Waals surface area (Å²) in [6.07, 6.45) is 4.21. The van der Waals surface area contributed by atoms with Crippen molar-refractivity contribution in [2.45, 2.75) is 32.4 Å². The number of carbonyl (C=O) groups is 1. The van der Waals surface area contributed by atoms with Crippen LogP contribution in [0.2, 0.25) is 0 Å². The maximum Gasteiger partial charge on any atom is 0.274 e. The lowest BCUT2D eigenvalue weighted by Gasteiger charge is -2.23. The van der Waals surface area contributed by atoms with Gasteiger partial charge in [-0.05, 0) is 43.8 Å². The van der Waals surface area contributed by atoms with Crippen molar-refractivity contribution in [2.24, 2.45) is 0 Å². The molecule has 2 aromatic heterocycles. The SMILES string of the molecule is CCN(Cc1cccs1)C(=O)c1ccn(C2CCCNC2)n1. The molecule has 2 aromatic rings. The topological polar surface area (TPSA) is 50.2 Å². The minimum atomic E-state index is 0.0124. The zero-order chi connectivity index (χ0) is 15.4. The Kier molecular flexibility index (Phi) is 4.90. The first-order chi connectivity index (χ1) is 10.8. The molecule has 0 aliphatic carbocycles. The lowest BCUT2D eigenvalue weighted by atomic mass is 10.1. The van der Waals surface area contributed by atoms with Gasteiger partial charge in [-0.1, -0.05) is 6.07 Å². The molecule has 1 unspecified atom stereocenters. The van der Waals surface area contributed by atoms with Crippen molar-refractivity contribution in [3.05, 3.63) is 40.3 Å². The van der Waals surface area contributed by atoms with E-state index in [1.165, 1.54) is 4.88 Å². The van der Waals surface area contributed by atoms with Crippen LogP contribution in [0.5, 0.6) is 0 Å². The zero-order valence-corrected chi connectivity index (χ0v) is 13.7. The van der Waals surface area contributed by atoms with Crippen molar-refractivity contribution >= 4 is 17.2 Å². The molecule has 1 saturated heterocycles. The minimum Gasteiger partial charge on any atom is -0.332 e. The summed E-state index contributed by atoms with van der Waals surface area (Å²) < 4.78 is 1.94. The van der Waals surface area contributed by atoms with E-state index in [4.69, 9.17) is 0 Å². The van der Waals surface area contributed by atoms with Crippen molar-refractivity contribution in [2.75, 3.05) is 19.6 Å². The molecule has 0 radical (unpaired) electrons. The molecule has 0 aromatic carbocycles. The van der Waals surface area contributed by atoms with Crippen LogP contribution in [0.25, 0.3) is 0 Å². The second-order valence-corrected chi connectivity index (χ2v) is 6.61. The fourth-order valence-corrected chi connectivity index (χ4v) is 3.51. The van der Waals surface area contributed by atoms with Crippen molar-refractivity contribution in [3.8, 4) is 0 Å². The smallest absolute Gasteiger partial charge is 0.274 e. The summed E-state index contributed by atoms with van der Waals surface area (Å²) in [4.78, 5) is 15.7. The Labute approximate surface area is 134 Å². The van der Waals surface area contributed by atoms with E-state index in [9.17, 15) is 4.79 Å². The molecule has 0 bridgehead atoms. The van der Waals surface area contributed by atoms with E-state index in [0.29, 0.717) is 24.8 Å². The summed E-state index contributed by atoms with van der Waals surface area (Å²) in [6, 6.07) is 6.28. The van der Waals surface area contributed by atoms with Gasteiger partial charge in [0.2, 0.25) is 0 Å². The molecule has 0 spiro atoms. The maximum absolute atomic E-state index is 12.6. The fourth-order valence-electron chi connectivity index (χ4n) is 2.79. The standard InChI is InChI=1S/C16H22N4OS/c1-2-19(12-14-6-4-10-22-14)16(21)15-7-9-20(18-15)13-5-3-8-17-11-13/h4,6-7,9-10,13,17H,2-3,5,8,11-12H2,1H3. The highest BCUT2D eigenvalue weighted by Crippen LogP contribution is 2.17. The molecular weight excluding hydrogens is 296 g/mol. The second-order valence-electron chi connectivity index (χ2n) is 5.58. The molecule has 5 nitrogen and oxygen atoms in total. The quantitative estimate of drug-likeness (QED) is 0.921. The number of rotatable bonds is 5. The van der Waals surface area contributed by atoms with Gasteiger partial charge in [-0.3, -0.25) is 9.48 Å². The minimum absolute atomic E-state index is 0.0124. The molecule has 1 amide bonds. The Bertz CT molecular complexity index is 601. The van der Waals surface area contributed by atoms with Gasteiger partial charge in [0.05, 0.1) is 12.6 Å². The normalized spacial score (nSPS) is 18.3. The summed E-state index contributed by atoms with van der Waals surface area (Å²) in [5, 5.41) is 9.94. The number of carbonyl (C=O) groups excluding carboxylic acids is 1. The van der Waals surface area contributed by atoms with Crippen molar-refractivity contribution in [1.29, 1.82) is 0 Å². The van der Waals surface area contributed by atoms with E-state index in [1.807, 2.05) is 40.2 Å². The number of aromatic nitrogens is 2. The second kappa shape index (κ2) is 7.07. The molecule has 3 rings (SSSR count). The molecule has 22 heavy (non-hydrogen) atoms. The molecule has 1 fully saturated rings. The average Bonchev–Trinajstić information content (AvgIpc) is 3.24. The number of hydrogen-bond donors (Lipinski definition) is 1. The van der Waals surface area contributed by atoms with Crippen molar-refractivity contribution in [3.63, 3.8) is 0 Å². The third-order valence-electron chi connectivity index (χ3n) is 4.07. The zero-order valence-electron chi connectivity index (χ0n) is 12.9. The van der Waals surface area contributed by atoms with E-state index < -0.39 is 0 Å². The van der Waals surface area contributed by atoms with Crippen molar-refractivity contribution in [1.82, 2.24) is 20.0 Å². The Morgan fingerprint density at radius 3 is 3.14 bits per heavy atom. The highest BCUT2D eigenvalue weighted by Gasteiger charge is 2.20. The highest BCUT2D eigenvalue weighted by molar-refractivity contribution is 7.09. The molecule has 1 aliphatic rings. The molecular formula is C16H22N4OS. The predicted molar refractivity (Wildman–Crippen MR) is 88.1 cm³/mol. The van der Waals surface area contributed by atoms with Crippen molar-refractivity contribution < 1.29 is 4.79 Å². The molecule has 3 heterocycles. The van der Waals surface area contributed by atoms with E-state index in [-0.39, 0.29) is 5.91 Å². The number of nitrogens with one attached hydrogen (secondary N) is 1. The number of nitrogens with zero attached hydrogens (tertiary/aromatic N) is 3. The summed E-state index contributed by atoms with van der Waals surface area (Å²) in [6.45, 7) is 5.36. The fraction of sp³-hybridized carbons (Fsp3) is 0.500. The monoisotopic (exact) mass is 318 g/mol. The highest BCUT2D eigenvalue weighted by atomic mass is 32.1. The van der Waals surface area contributed by atoms with Crippen LogP contribution in [0.4, 0.5) is 0 Å². The number of amides is 1. The summed E-state index contributed by atoms with van der Waals surface area (Å²) in [7, 11) is 0. The molecule has 1 atom stereocenters. The summed E-state index contributed by atoms with van der Waals surface area (Å²) in [5.74, 6) is 0.0124. The van der Waals surface area contributed by atoms with Crippen LogP contribution in [-0.2, 0) is 6.54 Å². The Morgan fingerprint density at radius 1 is 1.55 bits per heavy atom.